The zero-order valence-corrected chi connectivity index (χ0v) is 13.6. The van der Waals surface area contributed by atoms with E-state index in [1.165, 1.54) is 6.07 Å². The smallest absolute Gasteiger partial charge is 0.369 e. The molecule has 2 aromatic carbocycles. The summed E-state index contributed by atoms with van der Waals surface area (Å²) in [4.78, 5) is 5.20. The molecule has 2 heterocycles. The van der Waals surface area contributed by atoms with Gasteiger partial charge in [0.05, 0.1) is 16.6 Å². The molecule has 7 heteroatoms. The van der Waals surface area contributed by atoms with Crippen LogP contribution in [-0.4, -0.2) is 9.55 Å². The molecule has 4 aromatic rings. The molecule has 25 heavy (non-hydrogen) atoms. The van der Waals surface area contributed by atoms with E-state index in [0.717, 1.165) is 28.3 Å². The van der Waals surface area contributed by atoms with Gasteiger partial charge in [0, 0.05) is 10.6 Å². The van der Waals surface area contributed by atoms with Gasteiger partial charge in [0.1, 0.15) is 0 Å². The molecular weight excluding hydrogens is 347 g/mol. The molecule has 4 rings (SSSR count). The SMILES string of the molecule is Nc1nc2cc(C(F)(F)F)ccc2n1-c1cccc(-c2cccs2)c1. The highest BCUT2D eigenvalue weighted by Gasteiger charge is 2.31. The summed E-state index contributed by atoms with van der Waals surface area (Å²) in [7, 11) is 0. The van der Waals surface area contributed by atoms with Crippen molar-refractivity contribution < 1.29 is 13.2 Å². The fraction of sp³-hybridized carbons (Fsp3) is 0.0556. The zero-order valence-electron chi connectivity index (χ0n) is 12.8. The first kappa shape index (κ1) is 15.7. The molecule has 0 atom stereocenters. The molecular formula is C18H12F3N3S. The number of benzene rings is 2. The molecule has 0 fully saturated rings. The Bertz CT molecular complexity index is 1050. The van der Waals surface area contributed by atoms with Gasteiger partial charge in [-0.3, -0.25) is 4.57 Å². The molecule has 0 saturated heterocycles. The summed E-state index contributed by atoms with van der Waals surface area (Å²) >= 11 is 1.61. The predicted molar refractivity (Wildman–Crippen MR) is 93.8 cm³/mol. The first-order valence-electron chi connectivity index (χ1n) is 7.43. The largest absolute Gasteiger partial charge is 0.416 e. The summed E-state index contributed by atoms with van der Waals surface area (Å²) in [6, 6.07) is 15.1. The molecule has 0 saturated carbocycles. The predicted octanol–water partition coefficient (Wildman–Crippen LogP) is 5.36. The van der Waals surface area contributed by atoms with Crippen LogP contribution in [0.1, 0.15) is 5.56 Å². The molecule has 0 unspecified atom stereocenters. The number of nitrogens with two attached hydrogens (primary N) is 1. The number of nitrogen functional groups attached to an aromatic ring is 1. The van der Waals surface area contributed by atoms with E-state index in [9.17, 15) is 13.2 Å². The number of alkyl halides is 3. The Morgan fingerprint density at radius 1 is 1.00 bits per heavy atom. The number of hydrogen-bond acceptors (Lipinski definition) is 3. The average Bonchev–Trinajstić information content (AvgIpc) is 3.20. The van der Waals surface area contributed by atoms with Crippen LogP contribution in [0.3, 0.4) is 0 Å². The lowest BCUT2D eigenvalue weighted by atomic mass is 10.1. The van der Waals surface area contributed by atoms with Gasteiger partial charge in [0.15, 0.2) is 0 Å². The third-order valence-corrected chi connectivity index (χ3v) is 4.84. The first-order valence-corrected chi connectivity index (χ1v) is 8.31. The van der Waals surface area contributed by atoms with Gasteiger partial charge in [-0.05, 0) is 47.3 Å². The van der Waals surface area contributed by atoms with Gasteiger partial charge in [-0.1, -0.05) is 18.2 Å². The van der Waals surface area contributed by atoms with Gasteiger partial charge in [-0.15, -0.1) is 11.3 Å². The molecule has 0 spiro atoms. The molecule has 0 bridgehead atoms. The standard InChI is InChI=1S/C18H12F3N3S/c19-18(20,21)12-6-7-15-14(10-12)23-17(22)24(15)13-4-1-3-11(9-13)16-5-2-8-25-16/h1-10H,(H2,22,23). The second-order valence-corrected chi connectivity index (χ2v) is 6.48. The van der Waals surface area contributed by atoms with Crippen LogP contribution in [-0.2, 0) is 6.18 Å². The van der Waals surface area contributed by atoms with E-state index >= 15 is 0 Å². The van der Waals surface area contributed by atoms with E-state index in [4.69, 9.17) is 5.73 Å². The number of anilines is 1. The maximum atomic E-state index is 12.9. The lowest BCUT2D eigenvalue weighted by Crippen LogP contribution is -2.04. The van der Waals surface area contributed by atoms with Crippen molar-refractivity contribution in [1.29, 1.82) is 0 Å². The van der Waals surface area contributed by atoms with Crippen LogP contribution in [0.4, 0.5) is 19.1 Å². The van der Waals surface area contributed by atoms with Crippen molar-refractivity contribution in [3.8, 4) is 16.1 Å². The number of rotatable bonds is 2. The maximum Gasteiger partial charge on any atom is 0.416 e. The minimum atomic E-state index is -4.41. The van der Waals surface area contributed by atoms with Gasteiger partial charge >= 0.3 is 6.18 Å². The Hall–Kier alpha value is -2.80. The van der Waals surface area contributed by atoms with Crippen molar-refractivity contribution in [2.45, 2.75) is 6.18 Å². The molecule has 2 aromatic heterocycles. The number of nitrogens with zero attached hydrogens (tertiary/aromatic N) is 2. The molecule has 2 N–H and O–H groups in total. The summed E-state index contributed by atoms with van der Waals surface area (Å²) in [5.74, 6) is 0.151. The van der Waals surface area contributed by atoms with E-state index in [0.29, 0.717) is 5.52 Å². The molecule has 126 valence electrons. The number of halogens is 3. The van der Waals surface area contributed by atoms with Crippen molar-refractivity contribution in [1.82, 2.24) is 9.55 Å². The minimum absolute atomic E-state index is 0.151. The molecule has 0 amide bonds. The fourth-order valence-corrected chi connectivity index (χ4v) is 3.51. The fourth-order valence-electron chi connectivity index (χ4n) is 2.79. The molecule has 0 aliphatic heterocycles. The Morgan fingerprint density at radius 3 is 2.56 bits per heavy atom. The van der Waals surface area contributed by atoms with Gasteiger partial charge in [-0.2, -0.15) is 13.2 Å². The Morgan fingerprint density at radius 2 is 1.84 bits per heavy atom. The number of imidazole rings is 1. The minimum Gasteiger partial charge on any atom is -0.369 e. The topological polar surface area (TPSA) is 43.8 Å². The van der Waals surface area contributed by atoms with Crippen molar-refractivity contribution in [3.63, 3.8) is 0 Å². The maximum absolute atomic E-state index is 12.9. The van der Waals surface area contributed by atoms with Gasteiger partial charge in [0.2, 0.25) is 5.95 Å². The highest BCUT2D eigenvalue weighted by Crippen LogP contribution is 2.33. The third kappa shape index (κ3) is 2.76. The van der Waals surface area contributed by atoms with Gasteiger partial charge < -0.3 is 5.73 Å². The summed E-state index contributed by atoms with van der Waals surface area (Å²) < 4.78 is 40.3. The van der Waals surface area contributed by atoms with Gasteiger partial charge in [0.25, 0.3) is 0 Å². The summed E-state index contributed by atoms with van der Waals surface area (Å²) in [5.41, 5.74) is 7.77. The van der Waals surface area contributed by atoms with Crippen LogP contribution in [0.2, 0.25) is 0 Å². The van der Waals surface area contributed by atoms with E-state index in [1.54, 1.807) is 15.9 Å². The van der Waals surface area contributed by atoms with Crippen molar-refractivity contribution >= 4 is 28.3 Å². The van der Waals surface area contributed by atoms with E-state index in [2.05, 4.69) is 4.98 Å². The molecule has 0 radical (unpaired) electrons. The summed E-state index contributed by atoms with van der Waals surface area (Å²) in [6.45, 7) is 0. The highest BCUT2D eigenvalue weighted by atomic mass is 32.1. The number of aromatic nitrogens is 2. The Balaban J connectivity index is 1.87. The Labute approximate surface area is 145 Å². The number of thiophene rings is 1. The van der Waals surface area contributed by atoms with Crippen molar-refractivity contribution in [2.75, 3.05) is 5.73 Å². The van der Waals surface area contributed by atoms with Gasteiger partial charge in [-0.25, -0.2) is 4.98 Å². The number of hydrogen-bond donors (Lipinski definition) is 1. The zero-order chi connectivity index (χ0) is 17.6. The second-order valence-electron chi connectivity index (χ2n) is 5.53. The highest BCUT2D eigenvalue weighted by molar-refractivity contribution is 7.13. The third-order valence-electron chi connectivity index (χ3n) is 3.92. The van der Waals surface area contributed by atoms with Crippen LogP contribution in [0.25, 0.3) is 27.2 Å². The van der Waals surface area contributed by atoms with Crippen LogP contribution >= 0.6 is 11.3 Å². The molecule has 0 aliphatic carbocycles. The van der Waals surface area contributed by atoms with Crippen LogP contribution < -0.4 is 5.73 Å². The first-order chi connectivity index (χ1) is 11.9. The monoisotopic (exact) mass is 359 g/mol. The van der Waals surface area contributed by atoms with Crippen LogP contribution in [0.15, 0.2) is 60.0 Å². The molecule has 3 nitrogen and oxygen atoms in total. The average molecular weight is 359 g/mol. The normalized spacial score (nSPS) is 12.0. The van der Waals surface area contributed by atoms with E-state index < -0.39 is 11.7 Å². The second kappa shape index (κ2) is 5.63. The van der Waals surface area contributed by atoms with E-state index in [-0.39, 0.29) is 11.5 Å². The summed E-state index contributed by atoms with van der Waals surface area (Å²) in [6.07, 6.45) is -4.41. The lowest BCUT2D eigenvalue weighted by Gasteiger charge is -2.09. The van der Waals surface area contributed by atoms with Crippen molar-refractivity contribution in [2.24, 2.45) is 0 Å². The molecule has 0 aliphatic rings. The number of fused-ring (bicyclic) bond motifs is 1. The van der Waals surface area contributed by atoms with E-state index in [1.807, 2.05) is 41.8 Å². The van der Waals surface area contributed by atoms with Crippen LogP contribution in [0.5, 0.6) is 0 Å². The van der Waals surface area contributed by atoms with Crippen molar-refractivity contribution in [3.05, 3.63) is 65.5 Å². The quantitative estimate of drug-likeness (QED) is 0.524. The Kier molecular flexibility index (Phi) is 3.54. The summed E-state index contributed by atoms with van der Waals surface area (Å²) in [5, 5.41) is 1.99. The lowest BCUT2D eigenvalue weighted by molar-refractivity contribution is -0.137. The van der Waals surface area contributed by atoms with Crippen LogP contribution in [0, 0.1) is 0 Å².